The molecule has 1 unspecified atom stereocenters. The molecular formula is C18H19F3O10S. The van der Waals surface area contributed by atoms with E-state index >= 15 is 0 Å². The zero-order valence-electron chi connectivity index (χ0n) is 16.7. The van der Waals surface area contributed by atoms with Gasteiger partial charge in [-0.25, -0.2) is 4.79 Å². The maximum Gasteiger partial charge on any atom is 0.523 e. The predicted octanol–water partition coefficient (Wildman–Crippen LogP) is 1.21. The van der Waals surface area contributed by atoms with Crippen molar-refractivity contribution in [2.24, 2.45) is 0 Å². The second-order valence-corrected chi connectivity index (χ2v) is 8.39. The Morgan fingerprint density at radius 2 is 1.75 bits per heavy atom. The number of esters is 2. The van der Waals surface area contributed by atoms with Crippen LogP contribution in [0, 0.1) is 0 Å². The molecule has 14 heteroatoms. The van der Waals surface area contributed by atoms with Crippen molar-refractivity contribution < 1.29 is 59.0 Å². The van der Waals surface area contributed by atoms with Crippen molar-refractivity contribution in [3.05, 3.63) is 35.9 Å². The van der Waals surface area contributed by atoms with Gasteiger partial charge in [-0.15, -0.1) is 0 Å². The third kappa shape index (κ3) is 5.04. The summed E-state index contributed by atoms with van der Waals surface area (Å²) in [6.07, 6.45) is -9.68. The lowest BCUT2D eigenvalue weighted by atomic mass is 9.93. The Hall–Kier alpha value is -2.26. The summed E-state index contributed by atoms with van der Waals surface area (Å²) < 4.78 is 93.4. The molecule has 0 N–H and O–H groups in total. The Morgan fingerprint density at radius 3 is 2.31 bits per heavy atom. The van der Waals surface area contributed by atoms with Crippen LogP contribution in [0.2, 0.25) is 0 Å². The molecule has 0 aliphatic carbocycles. The molecule has 0 aromatic heterocycles. The van der Waals surface area contributed by atoms with Crippen LogP contribution in [-0.2, 0) is 47.6 Å². The van der Waals surface area contributed by atoms with Crippen molar-refractivity contribution in [1.29, 1.82) is 0 Å². The lowest BCUT2D eigenvalue weighted by molar-refractivity contribution is -0.323. The molecule has 1 aromatic carbocycles. The minimum atomic E-state index is -6.17. The summed E-state index contributed by atoms with van der Waals surface area (Å²) in [6.45, 7) is 0.615. The van der Waals surface area contributed by atoms with Crippen LogP contribution in [0.5, 0.6) is 0 Å². The van der Waals surface area contributed by atoms with Crippen molar-refractivity contribution in [2.75, 3.05) is 13.7 Å². The number of ether oxygens (including phenoxy) is 5. The van der Waals surface area contributed by atoms with Crippen molar-refractivity contribution >= 4 is 22.1 Å². The predicted molar refractivity (Wildman–Crippen MR) is 96.1 cm³/mol. The van der Waals surface area contributed by atoms with E-state index in [0.717, 1.165) is 14.0 Å². The molecule has 0 bridgehead atoms. The number of carbonyl (C=O) groups is 2. The van der Waals surface area contributed by atoms with Crippen LogP contribution in [0.1, 0.15) is 18.8 Å². The van der Waals surface area contributed by atoms with Crippen molar-refractivity contribution in [2.45, 2.75) is 49.2 Å². The number of hydrogen-bond donors (Lipinski definition) is 0. The third-order valence-corrected chi connectivity index (χ3v) is 5.70. The van der Waals surface area contributed by atoms with Crippen LogP contribution in [0.25, 0.3) is 0 Å². The standard InChI is InChI=1S/C18H19F3O10S/c1-9(22)28-13-14(31-32(24,25)18(19,20)21)12-11(29-15(13)16(23)26-2)8-27-17(30-12)10-6-4-3-5-7-10/h3-7,11-15,17H,8H2,1-2H3/t11-,12+,13-,14-,15-,17?/m1/s1. The third-order valence-electron chi connectivity index (χ3n) is 4.65. The Labute approximate surface area is 180 Å². The zero-order valence-corrected chi connectivity index (χ0v) is 17.5. The van der Waals surface area contributed by atoms with E-state index in [2.05, 4.69) is 8.92 Å². The lowest BCUT2D eigenvalue weighted by Crippen LogP contribution is -2.65. The first-order chi connectivity index (χ1) is 14.9. The van der Waals surface area contributed by atoms with Crippen molar-refractivity contribution in [3.63, 3.8) is 0 Å². The highest BCUT2D eigenvalue weighted by Crippen LogP contribution is 2.39. The Kier molecular flexibility index (Phi) is 7.09. The summed E-state index contributed by atoms with van der Waals surface area (Å²) in [5.41, 5.74) is -5.31. The zero-order chi connectivity index (χ0) is 23.7. The van der Waals surface area contributed by atoms with E-state index in [1.54, 1.807) is 30.3 Å². The molecule has 2 saturated heterocycles. The van der Waals surface area contributed by atoms with Gasteiger partial charge in [-0.2, -0.15) is 21.6 Å². The van der Waals surface area contributed by atoms with E-state index in [1.807, 2.05) is 0 Å². The van der Waals surface area contributed by atoms with Gasteiger partial charge in [0, 0.05) is 12.5 Å². The fourth-order valence-electron chi connectivity index (χ4n) is 3.30. The molecule has 0 radical (unpaired) electrons. The molecule has 2 aliphatic rings. The number of halogens is 3. The smallest absolute Gasteiger partial charge is 0.467 e. The fraction of sp³-hybridized carbons (Fsp3) is 0.556. The fourth-order valence-corrected chi connectivity index (χ4v) is 3.92. The second-order valence-electron chi connectivity index (χ2n) is 6.83. The van der Waals surface area contributed by atoms with E-state index in [1.165, 1.54) is 0 Å². The molecule has 2 aliphatic heterocycles. The molecule has 178 valence electrons. The molecule has 0 saturated carbocycles. The second kappa shape index (κ2) is 9.31. The number of rotatable bonds is 5. The highest BCUT2D eigenvalue weighted by Gasteiger charge is 2.59. The van der Waals surface area contributed by atoms with Gasteiger partial charge >= 0.3 is 27.6 Å². The van der Waals surface area contributed by atoms with Gasteiger partial charge in [0.1, 0.15) is 18.3 Å². The highest BCUT2D eigenvalue weighted by atomic mass is 32.2. The van der Waals surface area contributed by atoms with Crippen molar-refractivity contribution in [1.82, 2.24) is 0 Å². The summed E-state index contributed by atoms with van der Waals surface area (Å²) in [4.78, 5) is 23.8. The first-order valence-electron chi connectivity index (χ1n) is 9.16. The minimum Gasteiger partial charge on any atom is -0.467 e. The average Bonchev–Trinajstić information content (AvgIpc) is 2.73. The van der Waals surface area contributed by atoms with Gasteiger partial charge in [0.25, 0.3) is 0 Å². The number of fused-ring (bicyclic) bond motifs is 1. The number of alkyl halides is 3. The molecule has 32 heavy (non-hydrogen) atoms. The highest BCUT2D eigenvalue weighted by molar-refractivity contribution is 7.87. The van der Waals surface area contributed by atoms with Gasteiger partial charge < -0.3 is 23.7 Å². The van der Waals surface area contributed by atoms with E-state index < -0.39 is 64.4 Å². The van der Waals surface area contributed by atoms with E-state index in [-0.39, 0.29) is 6.61 Å². The quantitative estimate of drug-likeness (QED) is 0.342. The first-order valence-corrected chi connectivity index (χ1v) is 10.6. The summed E-state index contributed by atoms with van der Waals surface area (Å²) >= 11 is 0. The van der Waals surface area contributed by atoms with Gasteiger partial charge in [0.2, 0.25) is 0 Å². The Bertz CT molecular complexity index is 936. The number of carbonyl (C=O) groups excluding carboxylic acids is 2. The normalized spacial score (nSPS) is 30.8. The van der Waals surface area contributed by atoms with Crippen LogP contribution in [0.4, 0.5) is 13.2 Å². The summed E-state index contributed by atoms with van der Waals surface area (Å²) in [5.74, 6) is -2.16. The number of methoxy groups -OCH3 is 1. The molecule has 2 heterocycles. The molecule has 10 nitrogen and oxygen atoms in total. The van der Waals surface area contributed by atoms with Crippen LogP contribution in [0.15, 0.2) is 30.3 Å². The average molecular weight is 484 g/mol. The number of hydrogen-bond acceptors (Lipinski definition) is 10. The van der Waals surface area contributed by atoms with Crippen LogP contribution < -0.4 is 0 Å². The Balaban J connectivity index is 2.01. The first kappa shape index (κ1) is 24.4. The van der Waals surface area contributed by atoms with Gasteiger partial charge in [-0.1, -0.05) is 30.3 Å². The van der Waals surface area contributed by atoms with Gasteiger partial charge in [-0.3, -0.25) is 8.98 Å². The van der Waals surface area contributed by atoms with E-state index in [0.29, 0.717) is 5.56 Å². The van der Waals surface area contributed by atoms with Gasteiger partial charge in [0.05, 0.1) is 13.7 Å². The molecule has 0 amide bonds. The van der Waals surface area contributed by atoms with E-state index in [9.17, 15) is 31.2 Å². The molecule has 3 rings (SSSR count). The summed E-state index contributed by atoms with van der Waals surface area (Å²) in [5, 5.41) is 0. The molecule has 1 aromatic rings. The molecule has 2 fully saturated rings. The van der Waals surface area contributed by atoms with E-state index in [4.69, 9.17) is 18.9 Å². The summed E-state index contributed by atoms with van der Waals surface area (Å²) in [6, 6.07) is 8.24. The largest absolute Gasteiger partial charge is 0.523 e. The van der Waals surface area contributed by atoms with Crippen LogP contribution in [0.3, 0.4) is 0 Å². The monoisotopic (exact) mass is 484 g/mol. The maximum atomic E-state index is 13.1. The minimum absolute atomic E-state index is 0.295. The number of benzene rings is 1. The topological polar surface area (TPSA) is 124 Å². The Morgan fingerprint density at radius 1 is 1.09 bits per heavy atom. The molecule has 0 spiro atoms. The SMILES string of the molecule is COC(=O)[C@@H]1O[C@@H]2COC(c3ccccc3)O[C@@H]2[C@@H](OS(=O)(=O)C(F)(F)F)[C@H]1OC(C)=O. The van der Waals surface area contributed by atoms with Gasteiger partial charge in [0.15, 0.2) is 18.5 Å². The molecular weight excluding hydrogens is 465 g/mol. The summed E-state index contributed by atoms with van der Waals surface area (Å²) in [7, 11) is -5.21. The maximum absolute atomic E-state index is 13.1. The van der Waals surface area contributed by atoms with Crippen LogP contribution >= 0.6 is 0 Å². The van der Waals surface area contributed by atoms with Crippen LogP contribution in [-0.4, -0.2) is 70.1 Å². The van der Waals surface area contributed by atoms with Crippen molar-refractivity contribution in [3.8, 4) is 0 Å². The lowest BCUT2D eigenvalue weighted by Gasteiger charge is -2.47. The molecule has 6 atom stereocenters. The van der Waals surface area contributed by atoms with Gasteiger partial charge in [-0.05, 0) is 0 Å².